The molecule has 0 aliphatic carbocycles. The molecule has 0 heterocycles. The second-order valence-corrected chi connectivity index (χ2v) is 9.74. The second-order valence-electron chi connectivity index (χ2n) is 7.45. The van der Waals surface area contributed by atoms with Crippen molar-refractivity contribution in [2.45, 2.75) is 18.7 Å². The summed E-state index contributed by atoms with van der Waals surface area (Å²) in [7, 11) is -2.79. The lowest BCUT2D eigenvalue weighted by atomic mass is 10.2. The van der Waals surface area contributed by atoms with Gasteiger partial charge in [0.25, 0.3) is 15.7 Å². The van der Waals surface area contributed by atoms with Gasteiger partial charge in [-0.15, -0.1) is 0 Å². The number of methoxy groups -OCH3 is 1. The van der Waals surface area contributed by atoms with Gasteiger partial charge in [0, 0.05) is 17.2 Å². The normalized spacial score (nSPS) is 11.1. The predicted octanol–water partition coefficient (Wildman–Crippen LogP) is 4.71. The van der Waals surface area contributed by atoms with Crippen LogP contribution in [0.3, 0.4) is 0 Å². The molecule has 0 aliphatic heterocycles. The van der Waals surface area contributed by atoms with E-state index in [0.29, 0.717) is 10.6 Å². The van der Waals surface area contributed by atoms with Crippen LogP contribution in [0.1, 0.15) is 11.1 Å². The Morgan fingerprint density at radius 2 is 1.76 bits per heavy atom. The Bertz CT molecular complexity index is 1340. The largest absolute Gasteiger partial charge is 0.495 e. The summed E-state index contributed by atoms with van der Waals surface area (Å²) in [5.41, 5.74) is 1.48. The SMILES string of the molecule is COc1ccc([N+](=O)[O-])cc1NC(=O)CN(c1ccc(Cl)cc1C)S(=O)(=O)c1ccc(C)cc1. The highest BCUT2D eigenvalue weighted by Gasteiger charge is 2.29. The Labute approximate surface area is 202 Å². The quantitative estimate of drug-likeness (QED) is 0.351. The number of nitrogens with one attached hydrogen (secondary N) is 1. The predicted molar refractivity (Wildman–Crippen MR) is 130 cm³/mol. The first-order valence-corrected chi connectivity index (χ1v) is 11.8. The van der Waals surface area contributed by atoms with Crippen LogP contribution in [0, 0.1) is 24.0 Å². The molecule has 0 radical (unpaired) electrons. The molecule has 0 fully saturated rings. The third-order valence-corrected chi connectivity index (χ3v) is 7.00. The van der Waals surface area contributed by atoms with Crippen molar-refractivity contribution in [1.29, 1.82) is 0 Å². The fourth-order valence-corrected chi connectivity index (χ4v) is 4.98. The first kappa shape index (κ1) is 25.0. The van der Waals surface area contributed by atoms with Crippen molar-refractivity contribution in [1.82, 2.24) is 0 Å². The van der Waals surface area contributed by atoms with Crippen molar-refractivity contribution in [2.24, 2.45) is 0 Å². The number of ether oxygens (including phenoxy) is 1. The molecule has 1 amide bonds. The number of non-ortho nitro benzene ring substituents is 1. The smallest absolute Gasteiger partial charge is 0.271 e. The summed E-state index contributed by atoms with van der Waals surface area (Å²) in [4.78, 5) is 23.5. The molecule has 0 saturated carbocycles. The van der Waals surface area contributed by atoms with Crippen LogP contribution in [0.5, 0.6) is 5.75 Å². The molecule has 0 unspecified atom stereocenters. The molecular weight excluding hydrogens is 482 g/mol. The minimum Gasteiger partial charge on any atom is -0.495 e. The van der Waals surface area contributed by atoms with E-state index < -0.39 is 27.4 Å². The minimum atomic E-state index is -4.14. The molecule has 34 heavy (non-hydrogen) atoms. The van der Waals surface area contributed by atoms with Gasteiger partial charge >= 0.3 is 0 Å². The fraction of sp³-hybridized carbons (Fsp3) is 0.174. The first-order valence-electron chi connectivity index (χ1n) is 10.0. The number of halogens is 1. The van der Waals surface area contributed by atoms with Gasteiger partial charge in [-0.05, 0) is 55.8 Å². The molecule has 0 atom stereocenters. The number of sulfonamides is 1. The highest BCUT2D eigenvalue weighted by Crippen LogP contribution is 2.31. The van der Waals surface area contributed by atoms with Crippen LogP contribution in [-0.4, -0.2) is 32.9 Å². The number of rotatable bonds is 8. The van der Waals surface area contributed by atoms with Gasteiger partial charge in [-0.3, -0.25) is 19.2 Å². The average Bonchev–Trinajstić information content (AvgIpc) is 2.78. The van der Waals surface area contributed by atoms with E-state index in [1.54, 1.807) is 25.1 Å². The van der Waals surface area contributed by atoms with Crippen LogP contribution in [0.15, 0.2) is 65.6 Å². The Kier molecular flexibility index (Phi) is 7.43. The van der Waals surface area contributed by atoms with Gasteiger partial charge in [0.15, 0.2) is 0 Å². The minimum absolute atomic E-state index is 0.00757. The number of nitrogens with zero attached hydrogens (tertiary/aromatic N) is 2. The molecular formula is C23H22ClN3O6S. The highest BCUT2D eigenvalue weighted by atomic mass is 35.5. The first-order chi connectivity index (χ1) is 16.0. The molecule has 0 spiro atoms. The van der Waals surface area contributed by atoms with Crippen molar-refractivity contribution in [3.05, 3.63) is 86.9 Å². The van der Waals surface area contributed by atoms with E-state index in [2.05, 4.69) is 5.32 Å². The van der Waals surface area contributed by atoms with Gasteiger partial charge in [-0.25, -0.2) is 8.42 Å². The maximum absolute atomic E-state index is 13.5. The maximum Gasteiger partial charge on any atom is 0.271 e. The van der Waals surface area contributed by atoms with E-state index in [1.807, 2.05) is 6.92 Å². The molecule has 11 heteroatoms. The van der Waals surface area contributed by atoms with Crippen LogP contribution >= 0.6 is 11.6 Å². The number of anilines is 2. The lowest BCUT2D eigenvalue weighted by molar-refractivity contribution is -0.384. The van der Waals surface area contributed by atoms with Crippen LogP contribution in [0.4, 0.5) is 17.1 Å². The summed E-state index contributed by atoms with van der Waals surface area (Å²) < 4.78 is 33.2. The maximum atomic E-state index is 13.5. The number of hydrogen-bond donors (Lipinski definition) is 1. The number of nitro benzene ring substituents is 1. The van der Waals surface area contributed by atoms with Crippen molar-refractivity contribution in [2.75, 3.05) is 23.3 Å². The number of amides is 1. The Hall–Kier alpha value is -3.63. The number of aryl methyl sites for hydroxylation is 2. The van der Waals surface area contributed by atoms with E-state index in [1.165, 1.54) is 43.5 Å². The summed E-state index contributed by atoms with van der Waals surface area (Å²) in [6.45, 7) is 2.92. The number of benzene rings is 3. The molecule has 0 bridgehead atoms. The third kappa shape index (κ3) is 5.46. The van der Waals surface area contributed by atoms with Crippen molar-refractivity contribution in [3.8, 4) is 5.75 Å². The molecule has 3 rings (SSSR count). The second kappa shape index (κ2) is 10.1. The van der Waals surface area contributed by atoms with E-state index in [9.17, 15) is 23.3 Å². The van der Waals surface area contributed by atoms with E-state index in [-0.39, 0.29) is 27.7 Å². The summed E-state index contributed by atoms with van der Waals surface area (Å²) in [6.07, 6.45) is 0. The Morgan fingerprint density at radius 3 is 2.35 bits per heavy atom. The van der Waals surface area contributed by atoms with Crippen molar-refractivity contribution in [3.63, 3.8) is 0 Å². The van der Waals surface area contributed by atoms with Crippen molar-refractivity contribution >= 4 is 44.6 Å². The summed E-state index contributed by atoms with van der Waals surface area (Å²) in [6, 6.07) is 14.6. The zero-order valence-electron chi connectivity index (χ0n) is 18.6. The average molecular weight is 504 g/mol. The van der Waals surface area contributed by atoms with Crippen molar-refractivity contribution < 1.29 is 22.9 Å². The van der Waals surface area contributed by atoms with Gasteiger partial charge in [0.1, 0.15) is 12.3 Å². The third-order valence-electron chi connectivity index (χ3n) is 4.99. The molecule has 3 aromatic carbocycles. The molecule has 3 aromatic rings. The number of carbonyl (C=O) groups is 1. The zero-order chi connectivity index (χ0) is 25.0. The van der Waals surface area contributed by atoms with Crippen LogP contribution in [-0.2, 0) is 14.8 Å². The lowest BCUT2D eigenvalue weighted by Crippen LogP contribution is -2.38. The van der Waals surface area contributed by atoms with Crippen LogP contribution < -0.4 is 14.4 Å². The molecule has 9 nitrogen and oxygen atoms in total. The molecule has 0 saturated heterocycles. The van der Waals surface area contributed by atoms with Gasteiger partial charge in [-0.2, -0.15) is 0 Å². The number of nitro groups is 1. The summed E-state index contributed by atoms with van der Waals surface area (Å²) in [5, 5.41) is 14.1. The molecule has 178 valence electrons. The summed E-state index contributed by atoms with van der Waals surface area (Å²) >= 11 is 6.04. The van der Waals surface area contributed by atoms with Gasteiger partial charge in [-0.1, -0.05) is 29.3 Å². The van der Waals surface area contributed by atoms with E-state index >= 15 is 0 Å². The van der Waals surface area contributed by atoms with Crippen LogP contribution in [0.25, 0.3) is 0 Å². The summed E-state index contributed by atoms with van der Waals surface area (Å²) in [5.74, 6) is -0.529. The van der Waals surface area contributed by atoms with E-state index in [4.69, 9.17) is 16.3 Å². The molecule has 0 aromatic heterocycles. The zero-order valence-corrected chi connectivity index (χ0v) is 20.2. The van der Waals surface area contributed by atoms with Gasteiger partial charge < -0.3 is 10.1 Å². The standard InChI is InChI=1S/C23H22ClN3O6S/c1-15-4-8-19(9-5-15)34(31,32)26(21-10-6-17(24)12-16(21)2)14-23(28)25-20-13-18(27(29)30)7-11-22(20)33-3/h4-13H,14H2,1-3H3,(H,25,28). The Balaban J connectivity index is 2.01. The molecule has 0 aliphatic rings. The van der Waals surface area contributed by atoms with Gasteiger partial charge in [0.2, 0.25) is 5.91 Å². The van der Waals surface area contributed by atoms with Crippen LogP contribution in [0.2, 0.25) is 5.02 Å². The Morgan fingerprint density at radius 1 is 1.09 bits per heavy atom. The lowest BCUT2D eigenvalue weighted by Gasteiger charge is -2.26. The topological polar surface area (TPSA) is 119 Å². The number of hydrogen-bond acceptors (Lipinski definition) is 6. The monoisotopic (exact) mass is 503 g/mol. The van der Waals surface area contributed by atoms with E-state index in [0.717, 1.165) is 15.9 Å². The molecule has 1 N–H and O–H groups in total. The number of carbonyl (C=O) groups excluding carboxylic acids is 1. The fourth-order valence-electron chi connectivity index (χ4n) is 3.26. The van der Waals surface area contributed by atoms with Gasteiger partial charge in [0.05, 0.1) is 28.3 Å². The highest BCUT2D eigenvalue weighted by molar-refractivity contribution is 7.92.